The number of carbonyl (C=O) groups excluding carboxylic acids is 1. The maximum absolute atomic E-state index is 11.8. The van der Waals surface area contributed by atoms with Gasteiger partial charge in [-0.05, 0) is 63.1 Å². The summed E-state index contributed by atoms with van der Waals surface area (Å²) in [6.45, 7) is 8.68. The Morgan fingerprint density at radius 3 is 2.68 bits per heavy atom. The van der Waals surface area contributed by atoms with Gasteiger partial charge in [-0.3, -0.25) is 10.1 Å². The van der Waals surface area contributed by atoms with Gasteiger partial charge in [-0.15, -0.1) is 5.10 Å². The Hall–Kier alpha value is -1.63. The van der Waals surface area contributed by atoms with Crippen molar-refractivity contribution in [1.29, 1.82) is 0 Å². The van der Waals surface area contributed by atoms with Crippen molar-refractivity contribution in [3.63, 3.8) is 0 Å². The number of carbonyl (C=O) groups is 1. The Bertz CT molecular complexity index is 697. The van der Waals surface area contributed by atoms with Crippen molar-refractivity contribution >= 4 is 34.4 Å². The molecule has 1 aliphatic rings. The van der Waals surface area contributed by atoms with Gasteiger partial charge in [0, 0.05) is 25.2 Å². The van der Waals surface area contributed by atoms with Crippen LogP contribution in [-0.4, -0.2) is 52.3 Å². The lowest BCUT2D eigenvalue weighted by molar-refractivity contribution is -0.387. The Morgan fingerprint density at radius 1 is 1.46 bits per heavy atom. The molecule has 1 atom stereocenters. The van der Waals surface area contributed by atoms with E-state index in [9.17, 15) is 14.9 Å². The number of alkyl carbamates (subject to hydrolysis) is 1. The average Bonchev–Trinajstić information content (AvgIpc) is 2.90. The Kier molecular flexibility index (Phi) is 7.87. The van der Waals surface area contributed by atoms with Crippen LogP contribution in [0.2, 0.25) is 0 Å². The maximum Gasteiger partial charge on any atom is 0.407 e. The topological polar surface area (TPSA) is 118 Å². The van der Waals surface area contributed by atoms with E-state index in [0.29, 0.717) is 23.3 Å². The SMILES string of the molecule is C[C@H](CCOc1nn(C2CCOCC2)c(I)c1[N+](=O)[O-])OC(=O)NC(C)(C)C. The molecule has 1 aliphatic heterocycles. The van der Waals surface area contributed by atoms with E-state index in [1.165, 1.54) is 0 Å². The number of nitro groups is 1. The first-order valence-electron chi connectivity index (χ1n) is 9.20. The van der Waals surface area contributed by atoms with E-state index < -0.39 is 17.1 Å². The summed E-state index contributed by atoms with van der Waals surface area (Å²) in [5.74, 6) is -0.00719. The fourth-order valence-electron chi connectivity index (χ4n) is 2.71. The number of nitrogens with zero attached hydrogens (tertiary/aromatic N) is 3. The van der Waals surface area contributed by atoms with Gasteiger partial charge in [-0.1, -0.05) is 0 Å². The predicted octanol–water partition coefficient (Wildman–Crippen LogP) is 3.43. The molecule has 0 saturated carbocycles. The molecule has 0 bridgehead atoms. The summed E-state index contributed by atoms with van der Waals surface area (Å²) >= 11 is 1.93. The van der Waals surface area contributed by atoms with Crippen LogP contribution in [0, 0.1) is 13.8 Å². The van der Waals surface area contributed by atoms with Gasteiger partial charge in [0.05, 0.1) is 17.6 Å². The maximum atomic E-state index is 11.8. The number of aromatic nitrogens is 2. The highest BCUT2D eigenvalue weighted by Gasteiger charge is 2.31. The van der Waals surface area contributed by atoms with Gasteiger partial charge in [0.2, 0.25) is 0 Å². The summed E-state index contributed by atoms with van der Waals surface area (Å²) < 4.78 is 18.3. The van der Waals surface area contributed by atoms with E-state index in [2.05, 4.69) is 10.4 Å². The van der Waals surface area contributed by atoms with Gasteiger partial charge in [0.25, 0.3) is 0 Å². The summed E-state index contributed by atoms with van der Waals surface area (Å²) in [5, 5.41) is 18.5. The summed E-state index contributed by atoms with van der Waals surface area (Å²) in [7, 11) is 0. The first kappa shape index (κ1) is 22.7. The van der Waals surface area contributed by atoms with Crippen molar-refractivity contribution in [2.24, 2.45) is 0 Å². The molecule has 158 valence electrons. The summed E-state index contributed by atoms with van der Waals surface area (Å²) in [6, 6.07) is 0.0556. The zero-order chi connectivity index (χ0) is 20.9. The smallest absolute Gasteiger partial charge is 0.407 e. The van der Waals surface area contributed by atoms with Gasteiger partial charge >= 0.3 is 17.7 Å². The molecule has 1 amide bonds. The zero-order valence-corrected chi connectivity index (χ0v) is 18.7. The lowest BCUT2D eigenvalue weighted by Crippen LogP contribution is -2.42. The lowest BCUT2D eigenvalue weighted by atomic mass is 10.1. The van der Waals surface area contributed by atoms with Gasteiger partial charge in [0.15, 0.2) is 3.70 Å². The molecule has 0 aromatic carbocycles. The van der Waals surface area contributed by atoms with Crippen molar-refractivity contribution in [3.05, 3.63) is 13.8 Å². The molecule has 0 spiro atoms. The molecule has 1 N–H and O–H groups in total. The highest BCUT2D eigenvalue weighted by atomic mass is 127. The number of halogens is 1. The number of nitrogens with one attached hydrogen (secondary N) is 1. The molecule has 1 aromatic heterocycles. The van der Waals surface area contributed by atoms with E-state index in [1.54, 1.807) is 11.6 Å². The van der Waals surface area contributed by atoms with Crippen molar-refractivity contribution in [2.75, 3.05) is 19.8 Å². The minimum atomic E-state index is -0.510. The number of ether oxygens (including phenoxy) is 3. The van der Waals surface area contributed by atoms with Crippen molar-refractivity contribution in [3.8, 4) is 5.88 Å². The molecular weight excluding hydrogens is 483 g/mol. The van der Waals surface area contributed by atoms with Gasteiger partial charge < -0.3 is 19.5 Å². The van der Waals surface area contributed by atoms with Crippen molar-refractivity contribution < 1.29 is 23.9 Å². The fourth-order valence-corrected chi connectivity index (χ4v) is 3.64. The summed E-state index contributed by atoms with van der Waals surface area (Å²) in [4.78, 5) is 22.8. The lowest BCUT2D eigenvalue weighted by Gasteiger charge is -2.22. The third-order valence-corrected chi connectivity index (χ3v) is 5.07. The third kappa shape index (κ3) is 6.47. The van der Waals surface area contributed by atoms with Gasteiger partial charge in [-0.2, -0.15) is 0 Å². The highest BCUT2D eigenvalue weighted by Crippen LogP contribution is 2.35. The minimum Gasteiger partial charge on any atom is -0.472 e. The standard InChI is InChI=1S/C17H27IN4O6/c1-11(28-16(23)19-17(2,3)4)5-10-27-15-13(22(24)25)14(18)21(20-15)12-6-8-26-9-7-12/h11-12H,5-10H2,1-4H3,(H,19,23)/t11-/m1/s1. The Labute approximate surface area is 177 Å². The second kappa shape index (κ2) is 9.72. The molecule has 2 heterocycles. The largest absolute Gasteiger partial charge is 0.472 e. The van der Waals surface area contributed by atoms with Crippen LogP contribution in [0.25, 0.3) is 0 Å². The monoisotopic (exact) mass is 510 g/mol. The molecule has 1 saturated heterocycles. The molecule has 1 aromatic rings. The van der Waals surface area contributed by atoms with Crippen LogP contribution in [0.5, 0.6) is 5.88 Å². The number of hydrogen-bond acceptors (Lipinski definition) is 7. The molecule has 1 fully saturated rings. The van der Waals surface area contributed by atoms with Crippen LogP contribution in [0.3, 0.4) is 0 Å². The molecule has 0 unspecified atom stereocenters. The van der Waals surface area contributed by atoms with Crippen LogP contribution < -0.4 is 10.1 Å². The van der Waals surface area contributed by atoms with Crippen LogP contribution >= 0.6 is 22.6 Å². The molecule has 11 heteroatoms. The summed E-state index contributed by atoms with van der Waals surface area (Å²) in [6.07, 6.45) is 0.974. The van der Waals surface area contributed by atoms with Crippen LogP contribution in [0.15, 0.2) is 0 Å². The van der Waals surface area contributed by atoms with E-state index in [-0.39, 0.29) is 29.8 Å². The van der Waals surface area contributed by atoms with E-state index in [1.807, 2.05) is 43.4 Å². The quantitative estimate of drug-likeness (QED) is 0.339. The normalized spacial score (nSPS) is 16.5. The highest BCUT2D eigenvalue weighted by molar-refractivity contribution is 14.1. The van der Waals surface area contributed by atoms with Crippen LogP contribution in [-0.2, 0) is 9.47 Å². The van der Waals surface area contributed by atoms with E-state index >= 15 is 0 Å². The Balaban J connectivity index is 1.96. The van der Waals surface area contributed by atoms with Gasteiger partial charge in [-0.25, -0.2) is 9.48 Å². The number of hydrogen-bond donors (Lipinski definition) is 1. The first-order valence-corrected chi connectivity index (χ1v) is 10.3. The Morgan fingerprint density at radius 2 is 2.11 bits per heavy atom. The van der Waals surface area contributed by atoms with E-state index in [0.717, 1.165) is 12.8 Å². The minimum absolute atomic E-state index is 0.00719. The number of rotatable bonds is 7. The first-order chi connectivity index (χ1) is 13.1. The number of amides is 1. The molecule has 0 radical (unpaired) electrons. The predicted molar refractivity (Wildman–Crippen MR) is 110 cm³/mol. The van der Waals surface area contributed by atoms with Crippen molar-refractivity contribution in [2.45, 2.75) is 64.6 Å². The third-order valence-electron chi connectivity index (χ3n) is 4.07. The zero-order valence-electron chi connectivity index (χ0n) is 16.6. The van der Waals surface area contributed by atoms with Crippen molar-refractivity contribution in [1.82, 2.24) is 15.1 Å². The fraction of sp³-hybridized carbons (Fsp3) is 0.765. The van der Waals surface area contributed by atoms with Gasteiger partial charge in [0.1, 0.15) is 6.10 Å². The molecule has 10 nitrogen and oxygen atoms in total. The second-order valence-electron chi connectivity index (χ2n) is 7.72. The average molecular weight is 510 g/mol. The molecular formula is C17H27IN4O6. The molecule has 28 heavy (non-hydrogen) atoms. The van der Waals surface area contributed by atoms with Crippen LogP contribution in [0.4, 0.5) is 10.5 Å². The molecule has 2 rings (SSSR count). The molecule has 0 aliphatic carbocycles. The summed E-state index contributed by atoms with van der Waals surface area (Å²) in [5.41, 5.74) is -0.521. The van der Waals surface area contributed by atoms with E-state index in [4.69, 9.17) is 14.2 Å². The second-order valence-corrected chi connectivity index (χ2v) is 8.74. The van der Waals surface area contributed by atoms with Crippen LogP contribution in [0.1, 0.15) is 53.0 Å².